The normalized spacial score (nSPS) is 18.1. The van der Waals surface area contributed by atoms with Crippen LogP contribution >= 0.6 is 0 Å². The maximum absolute atomic E-state index is 11.9. The number of nitrogens with zero attached hydrogens (tertiary/aromatic N) is 1. The minimum atomic E-state index is -1.13. The second-order valence-electron chi connectivity index (χ2n) is 7.01. The predicted octanol–water partition coefficient (Wildman–Crippen LogP) is 1.48. The molecule has 0 saturated heterocycles. The Balaban J connectivity index is 1.97. The number of rotatable bonds is 2. The number of aromatic nitrogens is 1. The summed E-state index contributed by atoms with van der Waals surface area (Å²) in [7, 11) is 2.07. The van der Waals surface area contributed by atoms with E-state index >= 15 is 0 Å². The highest BCUT2D eigenvalue weighted by Gasteiger charge is 2.27. The van der Waals surface area contributed by atoms with Gasteiger partial charge in [-0.05, 0) is 24.6 Å². The van der Waals surface area contributed by atoms with Gasteiger partial charge < -0.3 is 14.8 Å². The number of quaternary nitrogens is 1. The number of carboxylic acid groups (broad SMARTS) is 1. The molecule has 130 valence electrons. The molecule has 1 aliphatic rings. The van der Waals surface area contributed by atoms with Crippen LogP contribution in [-0.2, 0) is 6.54 Å². The van der Waals surface area contributed by atoms with E-state index in [1.54, 1.807) is 6.07 Å². The number of aryl methyl sites for hydroxylation is 1. The van der Waals surface area contributed by atoms with Gasteiger partial charge in [0.15, 0.2) is 0 Å². The molecule has 1 unspecified atom stereocenters. The number of benzene rings is 2. The molecule has 3 aromatic rings. The van der Waals surface area contributed by atoms with Crippen molar-refractivity contribution in [3.05, 3.63) is 76.5 Å². The van der Waals surface area contributed by atoms with Crippen LogP contribution in [0, 0.1) is 6.92 Å². The van der Waals surface area contributed by atoms with Gasteiger partial charge in [0, 0.05) is 22.1 Å². The molecule has 0 aliphatic carbocycles. The number of nitrogens with one attached hydrogen (secondary N) is 1. The smallest absolute Gasteiger partial charge is 0.106 e. The van der Waals surface area contributed by atoms with Crippen molar-refractivity contribution in [1.82, 2.24) is 4.98 Å². The number of fused-ring (bicyclic) bond motifs is 2. The average Bonchev–Trinajstić information content (AvgIpc) is 2.61. The van der Waals surface area contributed by atoms with Crippen molar-refractivity contribution in [3.8, 4) is 0 Å². The first-order valence-corrected chi connectivity index (χ1v) is 8.75. The Morgan fingerprint density at radius 3 is 2.58 bits per heavy atom. The van der Waals surface area contributed by atoms with Crippen molar-refractivity contribution in [2.24, 2.45) is 0 Å². The number of pyridine rings is 1. The number of carbonyl (C=O) groups is 1. The largest absolute Gasteiger partial charge is 0.545 e. The third-order valence-electron chi connectivity index (χ3n) is 4.89. The molecule has 2 aromatic carbocycles. The Labute approximate surface area is 152 Å². The first-order valence-electron chi connectivity index (χ1n) is 8.75. The maximum atomic E-state index is 11.9. The molecule has 0 spiro atoms. The van der Waals surface area contributed by atoms with Gasteiger partial charge in [0.25, 0.3) is 0 Å². The summed E-state index contributed by atoms with van der Waals surface area (Å²) in [5.74, 6) is -1.13. The predicted molar refractivity (Wildman–Crippen MR) is 101 cm³/mol. The Hall–Kier alpha value is -2.98. The lowest BCUT2D eigenvalue weighted by molar-refractivity contribution is -0.887. The van der Waals surface area contributed by atoms with Crippen LogP contribution in [0.15, 0.2) is 48.5 Å². The number of para-hydroxylation sites is 1. The summed E-state index contributed by atoms with van der Waals surface area (Å²) in [6, 6.07) is 15.7. The quantitative estimate of drug-likeness (QED) is 0.766. The second-order valence-corrected chi connectivity index (χ2v) is 7.01. The highest BCUT2D eigenvalue weighted by molar-refractivity contribution is 6.04. The van der Waals surface area contributed by atoms with Crippen molar-refractivity contribution in [1.29, 1.82) is 0 Å². The van der Waals surface area contributed by atoms with Crippen LogP contribution in [0.4, 0.5) is 0 Å². The topological polar surface area (TPSA) is 57.5 Å². The summed E-state index contributed by atoms with van der Waals surface area (Å²) in [4.78, 5) is 18.0. The Bertz CT molecular complexity index is 1040. The lowest BCUT2D eigenvalue weighted by atomic mass is 9.92. The van der Waals surface area contributed by atoms with Gasteiger partial charge >= 0.3 is 0 Å². The molecule has 4 nitrogen and oxygen atoms in total. The molecule has 0 bridgehead atoms. The lowest BCUT2D eigenvalue weighted by Crippen LogP contribution is -3.08. The zero-order valence-corrected chi connectivity index (χ0v) is 14.9. The number of aromatic carboxylic acids is 1. The molecular formula is C22H20N2O2. The fourth-order valence-electron chi connectivity index (χ4n) is 3.68. The highest BCUT2D eigenvalue weighted by Crippen LogP contribution is 2.29. The van der Waals surface area contributed by atoms with Gasteiger partial charge in [0.05, 0.1) is 24.2 Å². The van der Waals surface area contributed by atoms with Gasteiger partial charge in [-0.3, -0.25) is 0 Å². The minimum Gasteiger partial charge on any atom is -0.545 e. The molecule has 26 heavy (non-hydrogen) atoms. The summed E-state index contributed by atoms with van der Waals surface area (Å²) < 4.78 is 0. The molecule has 0 saturated carbocycles. The maximum Gasteiger partial charge on any atom is 0.106 e. The van der Waals surface area contributed by atoms with Gasteiger partial charge in [-0.2, -0.15) is 0 Å². The van der Waals surface area contributed by atoms with E-state index in [1.165, 1.54) is 10.5 Å². The van der Waals surface area contributed by atoms with E-state index in [1.807, 2.05) is 18.2 Å². The van der Waals surface area contributed by atoms with Crippen molar-refractivity contribution in [3.63, 3.8) is 0 Å². The van der Waals surface area contributed by atoms with E-state index in [-0.39, 0.29) is 5.56 Å². The van der Waals surface area contributed by atoms with Crippen molar-refractivity contribution in [2.75, 3.05) is 13.6 Å². The summed E-state index contributed by atoms with van der Waals surface area (Å²) in [5.41, 5.74) is 5.89. The first-order chi connectivity index (χ1) is 12.5. The van der Waals surface area contributed by atoms with Crippen molar-refractivity contribution in [2.45, 2.75) is 13.5 Å². The van der Waals surface area contributed by atoms with E-state index in [4.69, 9.17) is 4.98 Å². The molecular weight excluding hydrogens is 324 g/mol. The average molecular weight is 344 g/mol. The number of carboxylic acids is 1. The zero-order chi connectivity index (χ0) is 18.3. The Kier molecular flexibility index (Phi) is 4.05. The van der Waals surface area contributed by atoms with Gasteiger partial charge in [0.1, 0.15) is 13.1 Å². The third kappa shape index (κ3) is 2.89. The van der Waals surface area contributed by atoms with Crippen LogP contribution < -0.4 is 10.0 Å². The SMILES string of the molecule is Cc1ccc(/C=C2\C[NH+](C)Cc3c2nc2ccccc2c3C(=O)[O-])cc1. The Morgan fingerprint density at radius 1 is 1.12 bits per heavy atom. The molecule has 4 heteroatoms. The van der Waals surface area contributed by atoms with Crippen molar-refractivity contribution >= 4 is 28.5 Å². The van der Waals surface area contributed by atoms with Gasteiger partial charge in [-0.15, -0.1) is 0 Å². The molecule has 1 atom stereocenters. The first kappa shape index (κ1) is 16.5. The van der Waals surface area contributed by atoms with Crippen LogP contribution in [0.25, 0.3) is 22.6 Å². The van der Waals surface area contributed by atoms with Gasteiger partial charge in [-0.1, -0.05) is 48.0 Å². The fraction of sp³-hybridized carbons (Fsp3) is 0.182. The summed E-state index contributed by atoms with van der Waals surface area (Å²) >= 11 is 0. The summed E-state index contributed by atoms with van der Waals surface area (Å²) in [6.07, 6.45) is 2.11. The van der Waals surface area contributed by atoms with E-state index in [0.29, 0.717) is 17.4 Å². The minimum absolute atomic E-state index is 0.277. The molecule has 4 rings (SSSR count). The van der Waals surface area contributed by atoms with Gasteiger partial charge in [-0.25, -0.2) is 4.98 Å². The Morgan fingerprint density at radius 2 is 1.85 bits per heavy atom. The molecule has 1 N–H and O–H groups in total. The number of likely N-dealkylation sites (N-methyl/N-ethyl adjacent to an activating group) is 1. The second kappa shape index (κ2) is 6.39. The van der Waals surface area contributed by atoms with Gasteiger partial charge in [0.2, 0.25) is 0 Å². The third-order valence-corrected chi connectivity index (χ3v) is 4.89. The molecule has 0 radical (unpaired) electrons. The summed E-state index contributed by atoms with van der Waals surface area (Å²) in [6.45, 7) is 3.49. The van der Waals surface area contributed by atoms with E-state index in [0.717, 1.165) is 28.9 Å². The van der Waals surface area contributed by atoms with Crippen LogP contribution in [0.2, 0.25) is 0 Å². The molecule has 2 heterocycles. The molecule has 1 aromatic heterocycles. The van der Waals surface area contributed by atoms with Crippen LogP contribution in [0.1, 0.15) is 32.7 Å². The standard InChI is InChI=1S/C22H20N2O2/c1-14-7-9-15(10-8-14)11-16-12-24(2)13-18-20(22(25)26)17-5-3-4-6-19(17)23-21(16)18/h3-11H,12-13H2,1-2H3,(H,25,26)/b16-11+. The zero-order valence-electron chi connectivity index (χ0n) is 14.9. The number of hydrogen-bond donors (Lipinski definition) is 1. The highest BCUT2D eigenvalue weighted by atomic mass is 16.4. The molecule has 0 amide bonds. The fourth-order valence-corrected chi connectivity index (χ4v) is 3.68. The van der Waals surface area contributed by atoms with E-state index < -0.39 is 5.97 Å². The van der Waals surface area contributed by atoms with Crippen LogP contribution in [-0.4, -0.2) is 24.5 Å². The van der Waals surface area contributed by atoms with E-state index in [2.05, 4.69) is 44.3 Å². The van der Waals surface area contributed by atoms with Crippen LogP contribution in [0.5, 0.6) is 0 Å². The monoisotopic (exact) mass is 344 g/mol. The lowest BCUT2D eigenvalue weighted by Gasteiger charge is -2.27. The van der Waals surface area contributed by atoms with Crippen molar-refractivity contribution < 1.29 is 14.8 Å². The van der Waals surface area contributed by atoms with E-state index in [9.17, 15) is 9.90 Å². The summed E-state index contributed by atoms with van der Waals surface area (Å²) in [5, 5.41) is 12.6. The number of hydrogen-bond acceptors (Lipinski definition) is 3. The molecule has 0 fully saturated rings. The number of carbonyl (C=O) groups excluding carboxylic acids is 1. The molecule has 1 aliphatic heterocycles. The van der Waals surface area contributed by atoms with Crippen LogP contribution in [0.3, 0.4) is 0 Å².